The first-order valence-electron chi connectivity index (χ1n) is 7.23. The lowest BCUT2D eigenvalue weighted by molar-refractivity contribution is -0.0709. The number of nitrogens with zero attached hydrogens (tertiary/aromatic N) is 2. The largest absolute Gasteiger partial charge is 0.350 e. The van der Waals surface area contributed by atoms with E-state index in [9.17, 15) is 14.8 Å². The number of para-hydroxylation sites is 1. The minimum Gasteiger partial charge on any atom is -0.350 e. The Kier molecular flexibility index (Phi) is 3.54. The summed E-state index contributed by atoms with van der Waals surface area (Å²) in [4.78, 5) is 23.1. The first kappa shape index (κ1) is 15.1. The van der Waals surface area contributed by atoms with E-state index in [1.54, 1.807) is 17.6 Å². The molecule has 3 N–H and O–H groups in total. The zero-order valence-corrected chi connectivity index (χ0v) is 12.9. The van der Waals surface area contributed by atoms with E-state index in [0.29, 0.717) is 5.06 Å². The van der Waals surface area contributed by atoms with Gasteiger partial charge >= 0.3 is 6.03 Å². The third kappa shape index (κ3) is 2.33. The Morgan fingerprint density at radius 1 is 1.13 bits per heavy atom. The van der Waals surface area contributed by atoms with Crippen molar-refractivity contribution in [2.24, 2.45) is 5.73 Å². The lowest BCUT2D eigenvalue weighted by atomic mass is 10.0. The summed E-state index contributed by atoms with van der Waals surface area (Å²) in [5, 5.41) is 12.0. The van der Waals surface area contributed by atoms with Crippen LogP contribution in [0.4, 0.5) is 4.79 Å². The number of benzene rings is 2. The van der Waals surface area contributed by atoms with E-state index in [1.807, 2.05) is 36.4 Å². The van der Waals surface area contributed by atoms with Gasteiger partial charge in [-0.3, -0.25) is 14.6 Å². The molecule has 1 atom stereocenters. The summed E-state index contributed by atoms with van der Waals surface area (Å²) in [6.07, 6.45) is 0. The van der Waals surface area contributed by atoms with Crippen LogP contribution >= 0.6 is 0 Å². The monoisotopic (exact) mass is 311 g/mol. The Bertz CT molecular complexity index is 929. The number of nitrogens with two attached hydrogens (primary N) is 1. The van der Waals surface area contributed by atoms with Gasteiger partial charge in [0.1, 0.15) is 0 Å². The number of primary amides is 1. The molecule has 1 aromatic heterocycles. The quantitative estimate of drug-likeness (QED) is 0.562. The van der Waals surface area contributed by atoms with E-state index in [1.165, 1.54) is 6.92 Å². The molecule has 2 amide bonds. The van der Waals surface area contributed by atoms with Crippen LogP contribution in [0.2, 0.25) is 0 Å². The van der Waals surface area contributed by atoms with Crippen LogP contribution in [-0.2, 0) is 0 Å². The number of carbonyl (C=O) groups is 2. The molecule has 0 aliphatic rings. The molecule has 3 rings (SSSR count). The molecule has 0 spiro atoms. The van der Waals surface area contributed by atoms with Crippen molar-refractivity contribution in [1.29, 1.82) is 0 Å². The molecule has 1 heterocycles. The second-order valence-electron chi connectivity index (χ2n) is 5.51. The van der Waals surface area contributed by atoms with E-state index in [-0.39, 0.29) is 5.91 Å². The fraction of sp³-hybridized carbons (Fsp3) is 0.176. The molecule has 0 saturated heterocycles. The lowest BCUT2D eigenvalue weighted by Crippen LogP contribution is -2.34. The van der Waals surface area contributed by atoms with Crippen LogP contribution in [0.15, 0.2) is 42.5 Å². The molecule has 118 valence electrons. The first-order chi connectivity index (χ1) is 10.9. The van der Waals surface area contributed by atoms with Crippen LogP contribution in [0.5, 0.6) is 0 Å². The van der Waals surface area contributed by atoms with Gasteiger partial charge in [-0.25, -0.2) is 4.79 Å². The number of hydroxylamine groups is 2. The number of fused-ring (bicyclic) bond motifs is 3. The Balaban J connectivity index is 2.26. The SMILES string of the molecule is CC(=O)n1c2ccccc2c2cc(C(C)N(O)C(N)=O)ccc21. The van der Waals surface area contributed by atoms with Crippen molar-refractivity contribution < 1.29 is 14.8 Å². The van der Waals surface area contributed by atoms with Crippen LogP contribution in [-0.4, -0.2) is 26.8 Å². The normalized spacial score (nSPS) is 12.5. The minimum atomic E-state index is -0.913. The van der Waals surface area contributed by atoms with E-state index < -0.39 is 12.1 Å². The van der Waals surface area contributed by atoms with Crippen LogP contribution in [0.1, 0.15) is 30.2 Å². The first-order valence-corrected chi connectivity index (χ1v) is 7.23. The number of aromatic nitrogens is 1. The molecule has 23 heavy (non-hydrogen) atoms. The maximum Gasteiger partial charge on any atom is 0.339 e. The van der Waals surface area contributed by atoms with Gasteiger partial charge in [0, 0.05) is 17.7 Å². The maximum atomic E-state index is 12.0. The average molecular weight is 311 g/mol. The standard InChI is InChI=1S/C17H17N3O3/c1-10(20(23)17(18)22)12-7-8-16-14(9-12)13-5-3-4-6-15(13)19(16)11(2)21/h3-10,23H,1-2H3,(H2,18,22). The van der Waals surface area contributed by atoms with Crippen LogP contribution in [0.3, 0.4) is 0 Å². The summed E-state index contributed by atoms with van der Waals surface area (Å²) < 4.78 is 1.66. The van der Waals surface area contributed by atoms with E-state index in [0.717, 1.165) is 27.4 Å². The van der Waals surface area contributed by atoms with Crippen molar-refractivity contribution in [2.45, 2.75) is 19.9 Å². The highest BCUT2D eigenvalue weighted by atomic mass is 16.5. The van der Waals surface area contributed by atoms with Crippen LogP contribution < -0.4 is 5.73 Å². The molecule has 3 aromatic rings. The summed E-state index contributed by atoms with van der Waals surface area (Å²) in [6.45, 7) is 3.20. The highest BCUT2D eigenvalue weighted by molar-refractivity contribution is 6.13. The zero-order chi connectivity index (χ0) is 16.7. The fourth-order valence-electron chi connectivity index (χ4n) is 2.92. The van der Waals surface area contributed by atoms with E-state index in [2.05, 4.69) is 0 Å². The number of carbonyl (C=O) groups excluding carboxylic acids is 2. The zero-order valence-electron chi connectivity index (χ0n) is 12.9. The van der Waals surface area contributed by atoms with Gasteiger partial charge in [0.2, 0.25) is 5.91 Å². The molecular weight excluding hydrogens is 294 g/mol. The minimum absolute atomic E-state index is 0.0714. The summed E-state index contributed by atoms with van der Waals surface area (Å²) in [7, 11) is 0. The van der Waals surface area contributed by atoms with Crippen molar-refractivity contribution in [2.75, 3.05) is 0 Å². The number of urea groups is 1. The fourth-order valence-corrected chi connectivity index (χ4v) is 2.92. The van der Waals surface area contributed by atoms with Crippen molar-refractivity contribution in [3.05, 3.63) is 48.0 Å². The van der Waals surface area contributed by atoms with Crippen molar-refractivity contribution in [3.63, 3.8) is 0 Å². The molecule has 0 radical (unpaired) electrons. The number of hydrogen-bond acceptors (Lipinski definition) is 3. The summed E-state index contributed by atoms with van der Waals surface area (Å²) >= 11 is 0. The maximum absolute atomic E-state index is 12.0. The Morgan fingerprint density at radius 2 is 1.78 bits per heavy atom. The Morgan fingerprint density at radius 3 is 2.43 bits per heavy atom. The summed E-state index contributed by atoms with van der Waals surface area (Å²) in [5.41, 5.74) is 7.46. The molecule has 0 bridgehead atoms. The van der Waals surface area contributed by atoms with Gasteiger partial charge in [-0.05, 0) is 30.7 Å². The molecule has 0 saturated carbocycles. The average Bonchev–Trinajstić information content (AvgIpc) is 2.87. The molecule has 6 heteroatoms. The predicted octanol–water partition coefficient (Wildman–Crippen LogP) is 3.29. The van der Waals surface area contributed by atoms with Gasteiger partial charge in [-0.1, -0.05) is 24.3 Å². The molecule has 0 aliphatic carbocycles. The van der Waals surface area contributed by atoms with Gasteiger partial charge in [0.05, 0.1) is 17.1 Å². The summed E-state index contributed by atoms with van der Waals surface area (Å²) in [5.74, 6) is -0.0714. The van der Waals surface area contributed by atoms with E-state index >= 15 is 0 Å². The Hall–Kier alpha value is -2.86. The number of hydrogen-bond donors (Lipinski definition) is 2. The highest BCUT2D eigenvalue weighted by Crippen LogP contribution is 2.31. The molecule has 0 aliphatic heterocycles. The van der Waals surface area contributed by atoms with Gasteiger partial charge in [0.15, 0.2) is 0 Å². The van der Waals surface area contributed by atoms with Crippen molar-refractivity contribution >= 4 is 33.7 Å². The third-order valence-electron chi connectivity index (χ3n) is 4.09. The molecule has 0 fully saturated rings. The smallest absolute Gasteiger partial charge is 0.339 e. The topological polar surface area (TPSA) is 88.6 Å². The second kappa shape index (κ2) is 5.40. The van der Waals surface area contributed by atoms with Gasteiger partial charge in [-0.2, -0.15) is 5.06 Å². The van der Waals surface area contributed by atoms with Gasteiger partial charge in [-0.15, -0.1) is 0 Å². The van der Waals surface area contributed by atoms with Crippen molar-refractivity contribution in [3.8, 4) is 0 Å². The molecule has 2 aromatic carbocycles. The van der Waals surface area contributed by atoms with Crippen LogP contribution in [0.25, 0.3) is 21.8 Å². The highest BCUT2D eigenvalue weighted by Gasteiger charge is 2.19. The molecular formula is C17H17N3O3. The predicted molar refractivity (Wildman–Crippen MR) is 87.4 cm³/mol. The van der Waals surface area contributed by atoms with Crippen LogP contribution in [0, 0.1) is 0 Å². The number of rotatable bonds is 2. The van der Waals surface area contributed by atoms with Gasteiger partial charge in [0.25, 0.3) is 0 Å². The number of amides is 2. The summed E-state index contributed by atoms with van der Waals surface area (Å²) in [6, 6.07) is 11.6. The molecule has 6 nitrogen and oxygen atoms in total. The lowest BCUT2D eigenvalue weighted by Gasteiger charge is -2.20. The molecule has 1 unspecified atom stereocenters. The third-order valence-corrected chi connectivity index (χ3v) is 4.09. The second-order valence-corrected chi connectivity index (χ2v) is 5.51. The Labute approximate surface area is 132 Å². The van der Waals surface area contributed by atoms with Gasteiger partial charge < -0.3 is 5.73 Å². The van der Waals surface area contributed by atoms with Crippen molar-refractivity contribution in [1.82, 2.24) is 9.63 Å². The van der Waals surface area contributed by atoms with E-state index in [4.69, 9.17) is 5.73 Å².